The molecule has 0 aliphatic rings. The monoisotopic (exact) mass is 469 g/mol. The van der Waals surface area contributed by atoms with Crippen molar-refractivity contribution in [1.82, 2.24) is 15.2 Å². The van der Waals surface area contributed by atoms with E-state index in [9.17, 15) is 18.8 Å². The molecule has 10 heteroatoms. The number of carbonyl (C=O) groups is 2. The fraction of sp³-hybridized carbons (Fsp3) is 0.261. The Balaban J connectivity index is 1.82. The number of amides is 2. The molecule has 8 nitrogen and oxygen atoms in total. The van der Waals surface area contributed by atoms with Crippen LogP contribution in [0.3, 0.4) is 0 Å². The van der Waals surface area contributed by atoms with Crippen LogP contribution in [0.15, 0.2) is 40.3 Å². The molecule has 0 bridgehead atoms. The van der Waals surface area contributed by atoms with Crippen LogP contribution in [-0.2, 0) is 9.59 Å². The Bertz CT molecular complexity index is 1290. The van der Waals surface area contributed by atoms with Gasteiger partial charge in [0.05, 0.1) is 10.9 Å². The molecular weight excluding hydrogens is 445 g/mol. The Kier molecular flexibility index (Phi) is 7.27. The molecule has 0 aliphatic carbocycles. The summed E-state index contributed by atoms with van der Waals surface area (Å²) >= 11 is 1.03. The summed E-state index contributed by atoms with van der Waals surface area (Å²) in [5.74, 6) is -0.981. The molecule has 0 spiro atoms. The SMILES string of the molecule is CC(=O)Nc1c(C)cc(C)cc1-c1nnc(S[C@@H](C)C(=O)Nc2ccc(F)cc2C)[nH]c1=O. The van der Waals surface area contributed by atoms with Gasteiger partial charge in [0, 0.05) is 18.2 Å². The second-order valence-electron chi connectivity index (χ2n) is 7.70. The lowest BCUT2D eigenvalue weighted by Gasteiger charge is -2.14. The number of anilines is 2. The Morgan fingerprint density at radius 2 is 1.79 bits per heavy atom. The molecule has 1 aromatic heterocycles. The Hall–Kier alpha value is -3.53. The maximum atomic E-state index is 13.3. The number of H-pyrrole nitrogens is 1. The lowest BCUT2D eigenvalue weighted by Crippen LogP contribution is -2.24. The number of benzene rings is 2. The van der Waals surface area contributed by atoms with E-state index in [2.05, 4.69) is 25.8 Å². The summed E-state index contributed by atoms with van der Waals surface area (Å²) in [5.41, 5.74) is 3.32. The number of halogens is 1. The first-order chi connectivity index (χ1) is 15.5. The van der Waals surface area contributed by atoms with Crippen LogP contribution in [0.25, 0.3) is 11.3 Å². The number of aryl methyl sites for hydroxylation is 3. The Morgan fingerprint density at radius 1 is 1.06 bits per heavy atom. The number of aromatic amines is 1. The van der Waals surface area contributed by atoms with E-state index in [0.717, 1.165) is 22.9 Å². The average Bonchev–Trinajstić information content (AvgIpc) is 2.72. The van der Waals surface area contributed by atoms with E-state index in [-0.39, 0.29) is 28.5 Å². The maximum Gasteiger partial charge on any atom is 0.278 e. The van der Waals surface area contributed by atoms with E-state index < -0.39 is 10.8 Å². The van der Waals surface area contributed by atoms with Crippen LogP contribution in [-0.4, -0.2) is 32.2 Å². The number of nitrogens with one attached hydrogen (secondary N) is 3. The van der Waals surface area contributed by atoms with Gasteiger partial charge in [-0.3, -0.25) is 19.4 Å². The highest BCUT2D eigenvalue weighted by molar-refractivity contribution is 8.00. The summed E-state index contributed by atoms with van der Waals surface area (Å²) in [6, 6.07) is 7.74. The highest BCUT2D eigenvalue weighted by Crippen LogP contribution is 2.30. The lowest BCUT2D eigenvalue weighted by atomic mass is 10.0. The van der Waals surface area contributed by atoms with Gasteiger partial charge in [-0.2, -0.15) is 0 Å². The molecule has 0 unspecified atom stereocenters. The molecule has 3 rings (SSSR count). The zero-order chi connectivity index (χ0) is 24.3. The van der Waals surface area contributed by atoms with E-state index >= 15 is 0 Å². The zero-order valence-corrected chi connectivity index (χ0v) is 19.7. The summed E-state index contributed by atoms with van der Waals surface area (Å²) in [5, 5.41) is 13.2. The number of aromatic nitrogens is 3. The molecule has 3 aromatic rings. The van der Waals surface area contributed by atoms with Crippen molar-refractivity contribution in [2.75, 3.05) is 10.6 Å². The van der Waals surface area contributed by atoms with Crippen LogP contribution < -0.4 is 16.2 Å². The molecular formula is C23H24FN5O3S. The van der Waals surface area contributed by atoms with Gasteiger partial charge in [-0.1, -0.05) is 23.4 Å². The van der Waals surface area contributed by atoms with Gasteiger partial charge in [-0.15, -0.1) is 10.2 Å². The molecule has 3 N–H and O–H groups in total. The molecule has 1 heterocycles. The fourth-order valence-electron chi connectivity index (χ4n) is 3.27. The minimum Gasteiger partial charge on any atom is -0.325 e. The van der Waals surface area contributed by atoms with Gasteiger partial charge in [0.15, 0.2) is 10.9 Å². The summed E-state index contributed by atoms with van der Waals surface area (Å²) in [7, 11) is 0. The molecule has 0 saturated heterocycles. The van der Waals surface area contributed by atoms with Crippen LogP contribution in [0, 0.1) is 26.6 Å². The quantitative estimate of drug-likeness (QED) is 0.470. The van der Waals surface area contributed by atoms with Crippen molar-refractivity contribution in [3.8, 4) is 11.3 Å². The average molecular weight is 470 g/mol. The number of hydrogen-bond donors (Lipinski definition) is 3. The third-order valence-corrected chi connectivity index (χ3v) is 5.79. The molecule has 172 valence electrons. The summed E-state index contributed by atoms with van der Waals surface area (Å²) in [6.45, 7) is 8.45. The van der Waals surface area contributed by atoms with Crippen LogP contribution in [0.5, 0.6) is 0 Å². The first-order valence-corrected chi connectivity index (χ1v) is 11.0. The van der Waals surface area contributed by atoms with E-state index in [1.807, 2.05) is 19.9 Å². The molecule has 0 saturated carbocycles. The molecule has 33 heavy (non-hydrogen) atoms. The largest absolute Gasteiger partial charge is 0.325 e. The van der Waals surface area contributed by atoms with E-state index in [0.29, 0.717) is 22.5 Å². The van der Waals surface area contributed by atoms with Crippen molar-refractivity contribution >= 4 is 35.0 Å². The summed E-state index contributed by atoms with van der Waals surface area (Å²) in [6.07, 6.45) is 0. The number of nitrogens with zero attached hydrogens (tertiary/aromatic N) is 2. The first-order valence-electron chi connectivity index (χ1n) is 10.1. The summed E-state index contributed by atoms with van der Waals surface area (Å²) in [4.78, 5) is 39.6. The van der Waals surface area contributed by atoms with Crippen molar-refractivity contribution < 1.29 is 14.0 Å². The van der Waals surface area contributed by atoms with E-state index in [1.165, 1.54) is 25.1 Å². The smallest absolute Gasteiger partial charge is 0.278 e. The third kappa shape index (κ3) is 5.83. The normalized spacial score (nSPS) is 11.7. The predicted octanol–water partition coefficient (Wildman–Crippen LogP) is 3.97. The maximum absolute atomic E-state index is 13.3. The topological polar surface area (TPSA) is 117 Å². The Morgan fingerprint density at radius 3 is 2.42 bits per heavy atom. The van der Waals surface area contributed by atoms with Crippen LogP contribution in [0.4, 0.5) is 15.8 Å². The fourth-order valence-corrected chi connectivity index (χ4v) is 4.01. The van der Waals surface area contributed by atoms with Gasteiger partial charge in [0.25, 0.3) is 5.56 Å². The Labute approximate surface area is 194 Å². The van der Waals surface area contributed by atoms with Gasteiger partial charge in [-0.05, 0) is 63.1 Å². The van der Waals surface area contributed by atoms with Gasteiger partial charge < -0.3 is 10.6 Å². The highest BCUT2D eigenvalue weighted by atomic mass is 32.2. The van der Waals surface area contributed by atoms with Crippen molar-refractivity contribution in [1.29, 1.82) is 0 Å². The van der Waals surface area contributed by atoms with Crippen molar-refractivity contribution in [3.63, 3.8) is 0 Å². The van der Waals surface area contributed by atoms with Gasteiger partial charge in [0.2, 0.25) is 11.8 Å². The van der Waals surface area contributed by atoms with Gasteiger partial charge in [-0.25, -0.2) is 4.39 Å². The van der Waals surface area contributed by atoms with Crippen LogP contribution in [0.1, 0.15) is 30.5 Å². The first kappa shape index (κ1) is 24.1. The third-order valence-electron chi connectivity index (χ3n) is 4.82. The van der Waals surface area contributed by atoms with E-state index in [1.54, 1.807) is 19.9 Å². The second kappa shape index (κ2) is 9.95. The van der Waals surface area contributed by atoms with Gasteiger partial charge in [0.1, 0.15) is 5.82 Å². The number of hydrogen-bond acceptors (Lipinski definition) is 6. The van der Waals surface area contributed by atoms with Crippen molar-refractivity contribution in [2.45, 2.75) is 45.0 Å². The standard InChI is InChI=1S/C23H24FN5O3S/c1-11-8-13(3)19(25-15(5)30)17(9-11)20-22(32)27-23(29-28-20)33-14(4)21(31)26-18-7-6-16(24)10-12(18)2/h6-10,14H,1-5H3,(H,25,30)(H,26,31)(H,27,29,32)/t14-/m0/s1. The molecule has 2 aromatic carbocycles. The minimum atomic E-state index is -0.610. The second-order valence-corrected chi connectivity index (χ2v) is 9.03. The lowest BCUT2D eigenvalue weighted by molar-refractivity contribution is -0.115. The number of carbonyl (C=O) groups excluding carboxylic acids is 2. The minimum absolute atomic E-state index is 0.0638. The molecule has 1 atom stereocenters. The molecule has 0 radical (unpaired) electrons. The van der Waals surface area contributed by atoms with Crippen LogP contribution >= 0.6 is 11.8 Å². The zero-order valence-electron chi connectivity index (χ0n) is 18.9. The van der Waals surface area contributed by atoms with Crippen LogP contribution in [0.2, 0.25) is 0 Å². The van der Waals surface area contributed by atoms with Crippen molar-refractivity contribution in [2.24, 2.45) is 0 Å². The predicted molar refractivity (Wildman–Crippen MR) is 127 cm³/mol. The van der Waals surface area contributed by atoms with Gasteiger partial charge >= 0.3 is 0 Å². The van der Waals surface area contributed by atoms with Crippen molar-refractivity contribution in [3.05, 3.63) is 63.2 Å². The number of thioether (sulfide) groups is 1. The molecule has 0 fully saturated rings. The molecule has 0 aliphatic heterocycles. The molecule has 2 amide bonds. The summed E-state index contributed by atoms with van der Waals surface area (Å²) < 4.78 is 13.3. The highest BCUT2D eigenvalue weighted by Gasteiger charge is 2.20. The van der Waals surface area contributed by atoms with E-state index in [4.69, 9.17) is 0 Å². The number of rotatable bonds is 6.